The van der Waals surface area contributed by atoms with Crippen molar-refractivity contribution in [3.8, 4) is 11.3 Å². The molecule has 0 aliphatic rings. The van der Waals surface area contributed by atoms with Gasteiger partial charge in [-0.2, -0.15) is 0 Å². The van der Waals surface area contributed by atoms with E-state index in [0.717, 1.165) is 10.8 Å². The minimum Gasteiger partial charge on any atom is -0.290 e. The second-order valence-corrected chi connectivity index (χ2v) is 6.08. The number of Topliss-reactive ketones (excluding diaryl/α,β-unsaturated/α-hetero) is 1. The summed E-state index contributed by atoms with van der Waals surface area (Å²) in [6.45, 7) is 0.183. The Bertz CT molecular complexity index is 1100. The highest BCUT2D eigenvalue weighted by Gasteiger charge is 2.14. The van der Waals surface area contributed by atoms with Crippen LogP contribution in [-0.4, -0.2) is 10.8 Å². The molecule has 0 saturated carbocycles. The summed E-state index contributed by atoms with van der Waals surface area (Å²) in [6.07, 6.45) is 3.30. The largest absolute Gasteiger partial charge is 0.290 e. The molecule has 1 heterocycles. The highest BCUT2D eigenvalue weighted by molar-refractivity contribution is 8.93. The molecule has 0 saturated heterocycles. The highest BCUT2D eigenvalue weighted by Crippen LogP contribution is 2.19. The van der Waals surface area contributed by atoms with Crippen LogP contribution in [0, 0.1) is 5.82 Å². The second-order valence-electron chi connectivity index (χ2n) is 6.08. The van der Waals surface area contributed by atoms with Gasteiger partial charge >= 0.3 is 0 Å². The zero-order chi connectivity index (χ0) is 17.9. The molecule has 0 bridgehead atoms. The van der Waals surface area contributed by atoms with Gasteiger partial charge in [-0.1, -0.05) is 48.5 Å². The third kappa shape index (κ3) is 4.09. The Morgan fingerprint density at radius 1 is 0.926 bits per heavy atom. The standard InChI is InChI=1S/C22H16FN2O.BrH/c23-20-8-4-3-7-19(20)21-11-12-25(15-24-21)14-22(26)18-10-9-16-5-1-2-6-17(16)13-18;/h1-13,15H,14H2;1H/q+1;. The maximum atomic E-state index is 13.8. The maximum Gasteiger partial charge on any atom is 0.287 e. The summed E-state index contributed by atoms with van der Waals surface area (Å²) in [5, 5.41) is 2.14. The molecule has 27 heavy (non-hydrogen) atoms. The van der Waals surface area contributed by atoms with Crippen molar-refractivity contribution < 1.29 is 13.8 Å². The topological polar surface area (TPSA) is 33.8 Å². The fraction of sp³-hybridized carbons (Fsp3) is 0.0455. The van der Waals surface area contributed by atoms with Crippen LogP contribution in [-0.2, 0) is 6.54 Å². The van der Waals surface area contributed by atoms with Crippen molar-refractivity contribution in [1.82, 2.24) is 4.98 Å². The van der Waals surface area contributed by atoms with Gasteiger partial charge in [-0.05, 0) is 34.0 Å². The first-order chi connectivity index (χ1) is 12.7. The number of halogens is 2. The molecule has 0 spiro atoms. The first-order valence-electron chi connectivity index (χ1n) is 8.33. The fourth-order valence-electron chi connectivity index (χ4n) is 2.93. The van der Waals surface area contributed by atoms with Crippen LogP contribution >= 0.6 is 17.0 Å². The maximum absolute atomic E-state index is 13.8. The number of ketones is 1. The van der Waals surface area contributed by atoms with Crippen molar-refractivity contribution in [2.75, 3.05) is 0 Å². The molecular weight excluding hydrogens is 407 g/mol. The third-order valence-corrected chi connectivity index (χ3v) is 4.32. The molecule has 1 aromatic heterocycles. The van der Waals surface area contributed by atoms with E-state index in [4.69, 9.17) is 0 Å². The van der Waals surface area contributed by atoms with Gasteiger partial charge in [0.2, 0.25) is 5.78 Å². The summed E-state index contributed by atoms with van der Waals surface area (Å²) < 4.78 is 15.5. The molecule has 0 aliphatic heterocycles. The van der Waals surface area contributed by atoms with Gasteiger partial charge in [0.25, 0.3) is 6.33 Å². The van der Waals surface area contributed by atoms with Crippen LogP contribution in [0.15, 0.2) is 85.3 Å². The number of rotatable bonds is 4. The molecule has 0 aliphatic carbocycles. The summed E-state index contributed by atoms with van der Waals surface area (Å²) in [7, 11) is 0. The minimum absolute atomic E-state index is 0. The van der Waals surface area contributed by atoms with Gasteiger partial charge in [0.1, 0.15) is 5.82 Å². The Balaban J connectivity index is 0.00000210. The van der Waals surface area contributed by atoms with Gasteiger partial charge in [-0.15, -0.1) is 17.0 Å². The average Bonchev–Trinajstić information content (AvgIpc) is 2.69. The van der Waals surface area contributed by atoms with Crippen molar-refractivity contribution in [2.45, 2.75) is 6.54 Å². The molecule has 4 rings (SSSR count). The first-order valence-corrected chi connectivity index (χ1v) is 8.33. The fourth-order valence-corrected chi connectivity index (χ4v) is 2.93. The number of nitrogens with zero attached hydrogens (tertiary/aromatic N) is 2. The lowest BCUT2D eigenvalue weighted by Gasteiger charge is -2.03. The van der Waals surface area contributed by atoms with E-state index in [2.05, 4.69) is 4.98 Å². The van der Waals surface area contributed by atoms with Gasteiger partial charge in [0, 0.05) is 11.6 Å². The molecule has 3 aromatic carbocycles. The third-order valence-electron chi connectivity index (χ3n) is 4.32. The van der Waals surface area contributed by atoms with Crippen LogP contribution in [0.5, 0.6) is 0 Å². The van der Waals surface area contributed by atoms with Gasteiger partial charge in [-0.3, -0.25) is 4.79 Å². The molecular formula is C22H17BrFN2O+. The lowest BCUT2D eigenvalue weighted by molar-refractivity contribution is -0.686. The number of hydrogen-bond donors (Lipinski definition) is 0. The normalized spacial score (nSPS) is 10.4. The van der Waals surface area contributed by atoms with Crippen molar-refractivity contribution in [3.05, 3.63) is 96.7 Å². The van der Waals surface area contributed by atoms with Gasteiger partial charge < -0.3 is 0 Å². The average molecular weight is 424 g/mol. The monoisotopic (exact) mass is 423 g/mol. The highest BCUT2D eigenvalue weighted by atomic mass is 79.9. The lowest BCUT2D eigenvalue weighted by atomic mass is 10.0. The van der Waals surface area contributed by atoms with Crippen LogP contribution in [0.4, 0.5) is 4.39 Å². The predicted octanol–water partition coefficient (Wildman–Crippen LogP) is 4.79. The van der Waals surface area contributed by atoms with Gasteiger partial charge in [0.05, 0.1) is 11.8 Å². The van der Waals surface area contributed by atoms with E-state index in [-0.39, 0.29) is 35.1 Å². The number of hydrogen-bond acceptors (Lipinski definition) is 2. The van der Waals surface area contributed by atoms with Gasteiger partial charge in [0.15, 0.2) is 12.2 Å². The second kappa shape index (κ2) is 8.18. The molecule has 0 N–H and O–H groups in total. The summed E-state index contributed by atoms with van der Waals surface area (Å²) in [4.78, 5) is 16.8. The SMILES string of the molecule is Br.O=C(C[n+]1ccc(-c2ccccc2F)nc1)c1ccc2ccccc2c1. The number of benzene rings is 3. The Hall–Kier alpha value is -2.92. The van der Waals surface area contributed by atoms with E-state index in [1.165, 1.54) is 6.07 Å². The molecule has 0 radical (unpaired) electrons. The quantitative estimate of drug-likeness (QED) is 0.349. The minimum atomic E-state index is -0.315. The van der Waals surface area contributed by atoms with Crippen LogP contribution in [0.2, 0.25) is 0 Å². The van der Waals surface area contributed by atoms with Crippen molar-refractivity contribution in [1.29, 1.82) is 0 Å². The molecule has 0 amide bonds. The molecule has 3 nitrogen and oxygen atoms in total. The number of aromatic nitrogens is 2. The molecule has 134 valence electrons. The van der Waals surface area contributed by atoms with E-state index < -0.39 is 0 Å². The van der Waals surface area contributed by atoms with Crippen LogP contribution in [0.3, 0.4) is 0 Å². The summed E-state index contributed by atoms with van der Waals surface area (Å²) in [5.41, 5.74) is 1.65. The Kier molecular flexibility index (Phi) is 5.72. The molecule has 0 unspecified atom stereocenters. The number of carbonyl (C=O) groups is 1. The summed E-state index contributed by atoms with van der Waals surface area (Å²) >= 11 is 0. The first kappa shape index (κ1) is 18.9. The molecule has 4 aromatic rings. The van der Waals surface area contributed by atoms with Crippen LogP contribution in [0.1, 0.15) is 10.4 Å². The van der Waals surface area contributed by atoms with E-state index >= 15 is 0 Å². The van der Waals surface area contributed by atoms with Crippen molar-refractivity contribution >= 4 is 33.5 Å². The summed E-state index contributed by atoms with van der Waals surface area (Å²) in [6, 6.07) is 21.8. The Labute approximate surface area is 166 Å². The Morgan fingerprint density at radius 2 is 1.67 bits per heavy atom. The lowest BCUT2D eigenvalue weighted by Crippen LogP contribution is -2.37. The van der Waals surface area contributed by atoms with E-state index in [1.807, 2.05) is 42.5 Å². The number of fused-ring (bicyclic) bond motifs is 1. The van der Waals surface area contributed by atoms with Crippen molar-refractivity contribution in [3.63, 3.8) is 0 Å². The predicted molar refractivity (Wildman–Crippen MR) is 108 cm³/mol. The molecule has 0 atom stereocenters. The molecule has 0 fully saturated rings. The van der Waals surface area contributed by atoms with Crippen molar-refractivity contribution in [2.24, 2.45) is 0 Å². The van der Waals surface area contributed by atoms with Crippen LogP contribution in [0.25, 0.3) is 22.0 Å². The zero-order valence-electron chi connectivity index (χ0n) is 14.4. The van der Waals surface area contributed by atoms with Gasteiger partial charge in [-0.25, -0.2) is 8.96 Å². The van der Waals surface area contributed by atoms with E-state index in [0.29, 0.717) is 16.8 Å². The summed E-state index contributed by atoms with van der Waals surface area (Å²) in [5.74, 6) is -0.314. The number of carbonyl (C=O) groups excluding carboxylic acids is 1. The van der Waals surface area contributed by atoms with Crippen LogP contribution < -0.4 is 4.57 Å². The van der Waals surface area contributed by atoms with E-state index in [1.54, 1.807) is 41.4 Å². The molecule has 5 heteroatoms. The zero-order valence-corrected chi connectivity index (χ0v) is 16.1. The smallest absolute Gasteiger partial charge is 0.287 e. The van der Waals surface area contributed by atoms with E-state index in [9.17, 15) is 9.18 Å². The Morgan fingerprint density at radius 3 is 2.41 bits per heavy atom.